The maximum atomic E-state index is 13.5. The lowest BCUT2D eigenvalue weighted by atomic mass is 10.0. The SMILES string of the molecule is Cc1ccc(F)cc1NC(=O)[C@@H](C(C)C)n1nnc(-c2ccccc2)n1. The molecule has 1 heterocycles. The van der Waals surface area contributed by atoms with Gasteiger partial charge in [-0.1, -0.05) is 50.2 Å². The highest BCUT2D eigenvalue weighted by Crippen LogP contribution is 2.22. The summed E-state index contributed by atoms with van der Waals surface area (Å²) in [6.45, 7) is 5.60. The fraction of sp³-hybridized carbons (Fsp3) is 0.263. The maximum Gasteiger partial charge on any atom is 0.251 e. The third-order valence-corrected chi connectivity index (χ3v) is 4.07. The average Bonchev–Trinajstić information content (AvgIpc) is 3.08. The van der Waals surface area contributed by atoms with Crippen LogP contribution in [0.15, 0.2) is 48.5 Å². The number of hydrogen-bond acceptors (Lipinski definition) is 4. The van der Waals surface area contributed by atoms with Crippen molar-refractivity contribution in [2.75, 3.05) is 5.32 Å². The van der Waals surface area contributed by atoms with Crippen molar-refractivity contribution in [1.29, 1.82) is 0 Å². The smallest absolute Gasteiger partial charge is 0.251 e. The molecule has 0 spiro atoms. The van der Waals surface area contributed by atoms with Gasteiger partial charge in [-0.15, -0.1) is 10.2 Å². The van der Waals surface area contributed by atoms with Crippen LogP contribution in [0.25, 0.3) is 11.4 Å². The van der Waals surface area contributed by atoms with Crippen LogP contribution in [0, 0.1) is 18.7 Å². The molecule has 26 heavy (non-hydrogen) atoms. The van der Waals surface area contributed by atoms with Gasteiger partial charge >= 0.3 is 0 Å². The van der Waals surface area contributed by atoms with Gasteiger partial charge in [-0.2, -0.15) is 4.80 Å². The third-order valence-electron chi connectivity index (χ3n) is 4.07. The monoisotopic (exact) mass is 353 g/mol. The summed E-state index contributed by atoms with van der Waals surface area (Å²) in [5.74, 6) is -0.351. The molecule has 1 aromatic heterocycles. The number of aromatic nitrogens is 4. The van der Waals surface area contributed by atoms with Crippen molar-refractivity contribution >= 4 is 11.6 Å². The Labute approximate surface area is 151 Å². The Morgan fingerprint density at radius 2 is 1.88 bits per heavy atom. The Morgan fingerprint density at radius 3 is 2.58 bits per heavy atom. The lowest BCUT2D eigenvalue weighted by Gasteiger charge is -2.19. The van der Waals surface area contributed by atoms with Gasteiger partial charge in [0.25, 0.3) is 5.91 Å². The number of benzene rings is 2. The zero-order valence-corrected chi connectivity index (χ0v) is 14.8. The topological polar surface area (TPSA) is 72.7 Å². The molecule has 0 unspecified atom stereocenters. The molecular formula is C19H20FN5O. The van der Waals surface area contributed by atoms with Crippen molar-refractivity contribution in [3.63, 3.8) is 0 Å². The Balaban J connectivity index is 1.86. The van der Waals surface area contributed by atoms with Crippen LogP contribution in [-0.4, -0.2) is 26.1 Å². The molecule has 0 aliphatic carbocycles. The molecule has 0 saturated heterocycles. The van der Waals surface area contributed by atoms with Gasteiger partial charge in [-0.25, -0.2) is 4.39 Å². The minimum Gasteiger partial charge on any atom is -0.324 e. The highest BCUT2D eigenvalue weighted by Gasteiger charge is 2.27. The first-order valence-electron chi connectivity index (χ1n) is 8.37. The Bertz CT molecular complexity index is 907. The number of carbonyl (C=O) groups is 1. The third kappa shape index (κ3) is 3.77. The quantitative estimate of drug-likeness (QED) is 0.760. The largest absolute Gasteiger partial charge is 0.324 e. The summed E-state index contributed by atoms with van der Waals surface area (Å²) in [5, 5.41) is 15.2. The van der Waals surface area contributed by atoms with Crippen molar-refractivity contribution < 1.29 is 9.18 Å². The van der Waals surface area contributed by atoms with Gasteiger partial charge in [0.15, 0.2) is 6.04 Å². The van der Waals surface area contributed by atoms with Crippen LogP contribution < -0.4 is 5.32 Å². The van der Waals surface area contributed by atoms with E-state index in [2.05, 4.69) is 20.7 Å². The molecule has 6 nitrogen and oxygen atoms in total. The zero-order valence-electron chi connectivity index (χ0n) is 14.8. The summed E-state index contributed by atoms with van der Waals surface area (Å²) in [5.41, 5.74) is 2.03. The first kappa shape index (κ1) is 17.7. The molecule has 2 aromatic carbocycles. The highest BCUT2D eigenvalue weighted by atomic mass is 19.1. The number of amides is 1. The molecule has 3 rings (SSSR count). The first-order chi connectivity index (χ1) is 12.5. The van der Waals surface area contributed by atoms with E-state index in [1.54, 1.807) is 13.0 Å². The average molecular weight is 353 g/mol. The number of nitrogens with one attached hydrogen (secondary N) is 1. The molecular weight excluding hydrogens is 333 g/mol. The number of hydrogen-bond donors (Lipinski definition) is 1. The summed E-state index contributed by atoms with van der Waals surface area (Å²) in [6, 6.07) is 13.0. The Morgan fingerprint density at radius 1 is 1.15 bits per heavy atom. The van der Waals surface area contributed by atoms with Gasteiger partial charge in [0.05, 0.1) is 0 Å². The molecule has 1 amide bonds. The van der Waals surface area contributed by atoms with Gasteiger partial charge in [-0.3, -0.25) is 4.79 Å². The van der Waals surface area contributed by atoms with Crippen LogP contribution in [0.2, 0.25) is 0 Å². The second-order valence-corrected chi connectivity index (χ2v) is 6.44. The van der Waals surface area contributed by atoms with E-state index >= 15 is 0 Å². The zero-order chi connectivity index (χ0) is 18.7. The van der Waals surface area contributed by atoms with Crippen LogP contribution in [0.5, 0.6) is 0 Å². The minimum atomic E-state index is -0.664. The molecule has 134 valence electrons. The van der Waals surface area contributed by atoms with Crippen LogP contribution >= 0.6 is 0 Å². The molecule has 0 radical (unpaired) electrons. The number of halogens is 1. The standard InChI is InChI=1S/C19H20FN5O/c1-12(2)17(19(26)21-16-11-15(20)10-9-13(16)3)25-23-18(22-24-25)14-7-5-4-6-8-14/h4-12,17H,1-3H3,(H,21,26)/t17-/m1/s1. The predicted molar refractivity (Wildman–Crippen MR) is 96.9 cm³/mol. The summed E-state index contributed by atoms with van der Waals surface area (Å²) in [6.07, 6.45) is 0. The van der Waals surface area contributed by atoms with E-state index in [0.29, 0.717) is 11.5 Å². The normalized spacial score (nSPS) is 12.2. The van der Waals surface area contributed by atoms with E-state index in [9.17, 15) is 9.18 Å². The van der Waals surface area contributed by atoms with E-state index in [1.165, 1.54) is 16.9 Å². The van der Waals surface area contributed by atoms with Crippen molar-refractivity contribution in [2.24, 2.45) is 5.92 Å². The molecule has 1 N–H and O–H groups in total. The second kappa shape index (κ2) is 7.43. The number of anilines is 1. The predicted octanol–water partition coefficient (Wildman–Crippen LogP) is 3.62. The van der Waals surface area contributed by atoms with E-state index < -0.39 is 11.9 Å². The fourth-order valence-corrected chi connectivity index (χ4v) is 2.66. The summed E-state index contributed by atoms with van der Waals surface area (Å²) < 4.78 is 13.5. The van der Waals surface area contributed by atoms with Gasteiger partial charge in [0.2, 0.25) is 5.82 Å². The van der Waals surface area contributed by atoms with Gasteiger partial charge in [-0.05, 0) is 35.8 Å². The molecule has 7 heteroatoms. The van der Waals surface area contributed by atoms with Crippen LogP contribution in [0.1, 0.15) is 25.5 Å². The maximum absolute atomic E-state index is 13.5. The molecule has 1 atom stereocenters. The van der Waals surface area contributed by atoms with E-state index in [1.807, 2.05) is 44.2 Å². The first-order valence-corrected chi connectivity index (χ1v) is 8.37. The molecule has 0 aliphatic heterocycles. The van der Waals surface area contributed by atoms with E-state index in [4.69, 9.17) is 0 Å². The number of carbonyl (C=O) groups excluding carboxylic acids is 1. The van der Waals surface area contributed by atoms with Crippen LogP contribution in [-0.2, 0) is 4.79 Å². The molecule has 0 saturated carbocycles. The molecule has 0 aliphatic rings. The van der Waals surface area contributed by atoms with Crippen molar-refractivity contribution in [1.82, 2.24) is 20.2 Å². The minimum absolute atomic E-state index is 0.0818. The highest BCUT2D eigenvalue weighted by molar-refractivity contribution is 5.94. The van der Waals surface area contributed by atoms with Crippen molar-refractivity contribution in [2.45, 2.75) is 26.8 Å². The Kier molecular flexibility index (Phi) is 5.06. The Hall–Kier alpha value is -3.09. The van der Waals surface area contributed by atoms with Gasteiger partial charge in [0, 0.05) is 11.3 Å². The molecule has 3 aromatic rings. The molecule has 0 bridgehead atoms. The van der Waals surface area contributed by atoms with Gasteiger partial charge < -0.3 is 5.32 Å². The summed E-state index contributed by atoms with van der Waals surface area (Å²) in [4.78, 5) is 14.1. The van der Waals surface area contributed by atoms with Gasteiger partial charge in [0.1, 0.15) is 5.82 Å². The second-order valence-electron chi connectivity index (χ2n) is 6.44. The van der Waals surface area contributed by atoms with Crippen molar-refractivity contribution in [3.05, 3.63) is 59.9 Å². The molecule has 0 fully saturated rings. The number of rotatable bonds is 5. The summed E-state index contributed by atoms with van der Waals surface area (Å²) in [7, 11) is 0. The number of tetrazole rings is 1. The van der Waals surface area contributed by atoms with Crippen LogP contribution in [0.4, 0.5) is 10.1 Å². The fourth-order valence-electron chi connectivity index (χ4n) is 2.66. The lowest BCUT2D eigenvalue weighted by molar-refractivity contribution is -0.121. The van der Waals surface area contributed by atoms with Crippen molar-refractivity contribution in [3.8, 4) is 11.4 Å². The number of aryl methyl sites for hydroxylation is 1. The van der Waals surface area contributed by atoms with E-state index in [-0.39, 0.29) is 11.8 Å². The van der Waals surface area contributed by atoms with Crippen LogP contribution in [0.3, 0.4) is 0 Å². The van der Waals surface area contributed by atoms with E-state index in [0.717, 1.165) is 11.1 Å². The number of nitrogens with zero attached hydrogens (tertiary/aromatic N) is 4. The lowest BCUT2D eigenvalue weighted by Crippen LogP contribution is -2.31. The summed E-state index contributed by atoms with van der Waals surface area (Å²) >= 11 is 0.